The Kier molecular flexibility index (Phi) is 5.46. The predicted octanol–water partition coefficient (Wildman–Crippen LogP) is 1.36. The van der Waals surface area contributed by atoms with Crippen molar-refractivity contribution in [1.82, 2.24) is 5.32 Å². The normalized spacial score (nSPS) is 14.5. The molecule has 21 heavy (non-hydrogen) atoms. The fourth-order valence-electron chi connectivity index (χ4n) is 2.11. The lowest BCUT2D eigenvalue weighted by Crippen LogP contribution is -2.57. The summed E-state index contributed by atoms with van der Waals surface area (Å²) < 4.78 is 10.0. The Bertz CT molecular complexity index is 528. The molecular weight excluding hydrogens is 274 g/mol. The van der Waals surface area contributed by atoms with Gasteiger partial charge >= 0.3 is 11.9 Å². The summed E-state index contributed by atoms with van der Waals surface area (Å²) in [6.45, 7) is 3.97. The van der Waals surface area contributed by atoms with Crippen LogP contribution in [0.25, 0.3) is 0 Å². The van der Waals surface area contributed by atoms with Crippen molar-refractivity contribution in [3.05, 3.63) is 35.9 Å². The minimum absolute atomic E-state index is 0.434. The third-order valence-electron chi connectivity index (χ3n) is 2.96. The summed E-state index contributed by atoms with van der Waals surface area (Å²) in [4.78, 5) is 35.0. The second-order valence-electron chi connectivity index (χ2n) is 4.78. The van der Waals surface area contributed by atoms with Crippen molar-refractivity contribution >= 4 is 17.8 Å². The molecule has 114 valence electrons. The van der Waals surface area contributed by atoms with Gasteiger partial charge in [0.05, 0.1) is 7.11 Å². The zero-order valence-corrected chi connectivity index (χ0v) is 12.5. The molecule has 6 nitrogen and oxygen atoms in total. The van der Waals surface area contributed by atoms with Gasteiger partial charge in [-0.2, -0.15) is 0 Å². The molecule has 0 heterocycles. The number of esters is 2. The second kappa shape index (κ2) is 6.88. The van der Waals surface area contributed by atoms with E-state index in [0.29, 0.717) is 5.56 Å². The van der Waals surface area contributed by atoms with Gasteiger partial charge in [-0.15, -0.1) is 0 Å². The Hall–Kier alpha value is -2.37. The molecule has 0 aliphatic heterocycles. The van der Waals surface area contributed by atoms with E-state index >= 15 is 0 Å². The highest BCUT2D eigenvalue weighted by Crippen LogP contribution is 2.31. The van der Waals surface area contributed by atoms with Gasteiger partial charge in [0.15, 0.2) is 11.6 Å². The number of ether oxygens (including phenoxy) is 2. The molecule has 0 bridgehead atoms. The standard InChI is InChI=1S/C15H19NO5/c1-10(17)16-15(3,14(19)20-4)13(21-11(2)18)12-8-6-5-7-9-12/h5-9,13H,1-4H3,(H,16,17). The molecule has 1 aromatic rings. The van der Waals surface area contributed by atoms with Crippen LogP contribution in [0.15, 0.2) is 30.3 Å². The summed E-state index contributed by atoms with van der Waals surface area (Å²) in [5.74, 6) is -1.70. The Morgan fingerprint density at radius 1 is 1.14 bits per heavy atom. The minimum atomic E-state index is -1.52. The van der Waals surface area contributed by atoms with E-state index < -0.39 is 29.5 Å². The number of benzene rings is 1. The van der Waals surface area contributed by atoms with E-state index in [2.05, 4.69) is 5.32 Å². The number of amides is 1. The molecule has 1 amide bonds. The summed E-state index contributed by atoms with van der Waals surface area (Å²) in [7, 11) is 1.21. The highest BCUT2D eigenvalue weighted by Gasteiger charge is 2.46. The third kappa shape index (κ3) is 4.05. The van der Waals surface area contributed by atoms with Crippen molar-refractivity contribution in [2.24, 2.45) is 0 Å². The monoisotopic (exact) mass is 293 g/mol. The van der Waals surface area contributed by atoms with E-state index in [9.17, 15) is 14.4 Å². The first kappa shape index (κ1) is 16.7. The Labute approximate surface area is 123 Å². The van der Waals surface area contributed by atoms with Gasteiger partial charge in [0.25, 0.3) is 0 Å². The zero-order chi connectivity index (χ0) is 16.0. The summed E-state index contributed by atoms with van der Waals surface area (Å²) in [5, 5.41) is 2.52. The second-order valence-corrected chi connectivity index (χ2v) is 4.78. The number of carbonyl (C=O) groups excluding carboxylic acids is 3. The molecule has 1 rings (SSSR count). The van der Waals surface area contributed by atoms with Crippen molar-refractivity contribution in [2.45, 2.75) is 32.4 Å². The van der Waals surface area contributed by atoms with Crippen LogP contribution in [0.1, 0.15) is 32.4 Å². The number of hydrogen-bond donors (Lipinski definition) is 1. The molecule has 1 N–H and O–H groups in total. The van der Waals surface area contributed by atoms with Crippen LogP contribution in [0, 0.1) is 0 Å². The first-order chi connectivity index (χ1) is 9.81. The molecule has 0 aliphatic carbocycles. The Morgan fingerprint density at radius 3 is 2.14 bits per heavy atom. The number of carbonyl (C=O) groups is 3. The summed E-state index contributed by atoms with van der Waals surface area (Å²) in [5.41, 5.74) is -0.942. The van der Waals surface area contributed by atoms with Crippen molar-refractivity contribution in [2.75, 3.05) is 7.11 Å². The van der Waals surface area contributed by atoms with Gasteiger partial charge < -0.3 is 14.8 Å². The van der Waals surface area contributed by atoms with Crippen LogP contribution in [0.4, 0.5) is 0 Å². The molecule has 0 spiro atoms. The van der Waals surface area contributed by atoms with Gasteiger partial charge in [-0.3, -0.25) is 9.59 Å². The van der Waals surface area contributed by atoms with E-state index in [1.807, 2.05) is 0 Å². The minimum Gasteiger partial charge on any atom is -0.467 e. The molecule has 1 aromatic carbocycles. The van der Waals surface area contributed by atoms with Gasteiger partial charge in [0.1, 0.15) is 0 Å². The average molecular weight is 293 g/mol. The number of nitrogens with one attached hydrogen (secondary N) is 1. The van der Waals surface area contributed by atoms with Crippen LogP contribution in [0.3, 0.4) is 0 Å². The molecule has 0 aromatic heterocycles. The van der Waals surface area contributed by atoms with Gasteiger partial charge in [-0.1, -0.05) is 30.3 Å². The van der Waals surface area contributed by atoms with E-state index in [4.69, 9.17) is 9.47 Å². The van der Waals surface area contributed by atoms with Crippen molar-refractivity contribution in [1.29, 1.82) is 0 Å². The van der Waals surface area contributed by atoms with Crippen LogP contribution < -0.4 is 5.32 Å². The smallest absolute Gasteiger partial charge is 0.335 e. The lowest BCUT2D eigenvalue weighted by atomic mass is 9.88. The van der Waals surface area contributed by atoms with Crippen LogP contribution in [0.2, 0.25) is 0 Å². The number of hydrogen-bond acceptors (Lipinski definition) is 5. The van der Waals surface area contributed by atoms with Crippen LogP contribution in [-0.2, 0) is 23.9 Å². The van der Waals surface area contributed by atoms with Crippen molar-refractivity contribution in [3.63, 3.8) is 0 Å². The number of methoxy groups -OCH3 is 1. The maximum absolute atomic E-state index is 12.1. The van der Waals surface area contributed by atoms with Gasteiger partial charge in [-0.25, -0.2) is 4.79 Å². The molecular formula is C15H19NO5. The molecule has 0 radical (unpaired) electrons. The SMILES string of the molecule is COC(=O)C(C)(NC(C)=O)C(OC(C)=O)c1ccccc1. The lowest BCUT2D eigenvalue weighted by Gasteiger charge is -2.34. The summed E-state index contributed by atoms with van der Waals surface area (Å²) in [6, 6.07) is 8.70. The molecule has 6 heteroatoms. The molecule has 2 unspecified atom stereocenters. The van der Waals surface area contributed by atoms with Crippen LogP contribution >= 0.6 is 0 Å². The van der Waals surface area contributed by atoms with Gasteiger partial charge in [0.2, 0.25) is 5.91 Å². The fraction of sp³-hybridized carbons (Fsp3) is 0.400. The molecule has 2 atom stereocenters. The van der Waals surface area contributed by atoms with Gasteiger partial charge in [-0.05, 0) is 12.5 Å². The zero-order valence-electron chi connectivity index (χ0n) is 12.5. The van der Waals surface area contributed by atoms with E-state index in [-0.39, 0.29) is 0 Å². The first-order valence-corrected chi connectivity index (χ1v) is 6.40. The highest BCUT2D eigenvalue weighted by atomic mass is 16.6. The van der Waals surface area contributed by atoms with E-state index in [1.54, 1.807) is 30.3 Å². The topological polar surface area (TPSA) is 81.7 Å². The lowest BCUT2D eigenvalue weighted by molar-refractivity contribution is -0.165. The molecule has 0 saturated heterocycles. The Morgan fingerprint density at radius 2 is 1.71 bits per heavy atom. The van der Waals surface area contributed by atoms with Crippen molar-refractivity contribution in [3.8, 4) is 0 Å². The van der Waals surface area contributed by atoms with E-state index in [0.717, 1.165) is 0 Å². The summed E-state index contributed by atoms with van der Waals surface area (Å²) in [6.07, 6.45) is -0.993. The largest absolute Gasteiger partial charge is 0.467 e. The van der Waals surface area contributed by atoms with E-state index in [1.165, 1.54) is 27.9 Å². The molecule has 0 fully saturated rings. The maximum Gasteiger partial charge on any atom is 0.335 e. The molecule has 0 saturated carbocycles. The van der Waals surface area contributed by atoms with Crippen LogP contribution in [-0.4, -0.2) is 30.5 Å². The van der Waals surface area contributed by atoms with Gasteiger partial charge in [0, 0.05) is 13.8 Å². The van der Waals surface area contributed by atoms with Crippen molar-refractivity contribution < 1.29 is 23.9 Å². The quantitative estimate of drug-likeness (QED) is 0.829. The molecule has 0 aliphatic rings. The Balaban J connectivity index is 3.33. The third-order valence-corrected chi connectivity index (χ3v) is 2.96. The fourth-order valence-corrected chi connectivity index (χ4v) is 2.11. The predicted molar refractivity (Wildman–Crippen MR) is 75.2 cm³/mol. The summed E-state index contributed by atoms with van der Waals surface area (Å²) >= 11 is 0. The highest BCUT2D eigenvalue weighted by molar-refractivity contribution is 5.88. The first-order valence-electron chi connectivity index (χ1n) is 6.40. The average Bonchev–Trinajstić information content (AvgIpc) is 2.43. The van der Waals surface area contributed by atoms with Crippen LogP contribution in [0.5, 0.6) is 0 Å². The number of rotatable bonds is 5. The maximum atomic E-state index is 12.1.